The Labute approximate surface area is 130 Å². The summed E-state index contributed by atoms with van der Waals surface area (Å²) < 4.78 is 6.82. The van der Waals surface area contributed by atoms with E-state index in [1.54, 1.807) is 0 Å². The van der Waals surface area contributed by atoms with Crippen molar-refractivity contribution in [2.24, 2.45) is 11.7 Å². The lowest BCUT2D eigenvalue weighted by Gasteiger charge is -2.31. The molecule has 0 radical (unpaired) electrons. The van der Waals surface area contributed by atoms with E-state index in [1.165, 1.54) is 18.4 Å². The molecule has 0 heterocycles. The van der Waals surface area contributed by atoms with Gasteiger partial charge in [-0.3, -0.25) is 4.90 Å². The first-order valence-corrected chi connectivity index (χ1v) is 8.16. The van der Waals surface area contributed by atoms with E-state index >= 15 is 0 Å². The van der Waals surface area contributed by atoms with Crippen LogP contribution in [0.5, 0.6) is 0 Å². The lowest BCUT2D eigenvalue weighted by molar-refractivity contribution is 0.0875. The third-order valence-corrected chi connectivity index (χ3v) is 4.30. The van der Waals surface area contributed by atoms with Crippen LogP contribution in [0.2, 0.25) is 0 Å². The summed E-state index contributed by atoms with van der Waals surface area (Å²) in [7, 11) is 2.12. The Morgan fingerprint density at radius 3 is 2.80 bits per heavy atom. The second-order valence-corrected chi connectivity index (χ2v) is 6.77. The van der Waals surface area contributed by atoms with Gasteiger partial charge in [0.2, 0.25) is 0 Å². The highest BCUT2D eigenvalue weighted by molar-refractivity contribution is 9.10. The number of likely N-dealkylation sites (N-methyl/N-ethyl adjacent to an activating group) is 1. The fraction of sp³-hybridized carbons (Fsp3) is 0.625. The van der Waals surface area contributed by atoms with Crippen LogP contribution in [0.1, 0.15) is 31.4 Å². The molecular weight excluding hydrogens is 316 g/mol. The fourth-order valence-electron chi connectivity index (χ4n) is 2.53. The standard InChI is InChI=1S/C16H25BrN2O/c1-12(18)16(14-4-3-5-15(17)10-14)19(2)8-9-20-11-13-6-7-13/h3-5,10,12-13,16H,6-9,11,18H2,1-2H3. The minimum atomic E-state index is 0.0812. The predicted molar refractivity (Wildman–Crippen MR) is 86.7 cm³/mol. The maximum atomic E-state index is 6.18. The van der Waals surface area contributed by atoms with Crippen LogP contribution in [0.25, 0.3) is 0 Å². The van der Waals surface area contributed by atoms with Gasteiger partial charge in [0.1, 0.15) is 0 Å². The molecule has 0 amide bonds. The van der Waals surface area contributed by atoms with Gasteiger partial charge >= 0.3 is 0 Å². The molecule has 0 aromatic heterocycles. The van der Waals surface area contributed by atoms with Crippen molar-refractivity contribution in [2.45, 2.75) is 31.8 Å². The highest BCUT2D eigenvalue weighted by atomic mass is 79.9. The first kappa shape index (κ1) is 16.0. The summed E-state index contributed by atoms with van der Waals surface area (Å²) >= 11 is 3.53. The molecule has 1 saturated carbocycles. The van der Waals surface area contributed by atoms with E-state index < -0.39 is 0 Å². The number of ether oxygens (including phenoxy) is 1. The molecular formula is C16H25BrN2O. The van der Waals surface area contributed by atoms with Gasteiger partial charge in [-0.15, -0.1) is 0 Å². The number of hydrogen-bond acceptors (Lipinski definition) is 3. The second-order valence-electron chi connectivity index (χ2n) is 5.86. The normalized spacial score (nSPS) is 18.2. The Morgan fingerprint density at radius 2 is 2.20 bits per heavy atom. The van der Waals surface area contributed by atoms with E-state index in [2.05, 4.69) is 53.0 Å². The van der Waals surface area contributed by atoms with Crippen LogP contribution in [-0.2, 0) is 4.74 Å². The van der Waals surface area contributed by atoms with Crippen LogP contribution >= 0.6 is 15.9 Å². The summed E-state index contributed by atoms with van der Waals surface area (Å²) in [5.41, 5.74) is 7.43. The van der Waals surface area contributed by atoms with Crippen LogP contribution in [-0.4, -0.2) is 37.7 Å². The largest absolute Gasteiger partial charge is 0.380 e. The third-order valence-electron chi connectivity index (χ3n) is 3.80. The van der Waals surface area contributed by atoms with Crippen molar-refractivity contribution in [1.29, 1.82) is 0 Å². The van der Waals surface area contributed by atoms with Gasteiger partial charge in [-0.25, -0.2) is 0 Å². The molecule has 2 unspecified atom stereocenters. The highest BCUT2D eigenvalue weighted by Gasteiger charge is 2.23. The maximum Gasteiger partial charge on any atom is 0.0593 e. The Morgan fingerprint density at radius 1 is 1.45 bits per heavy atom. The number of benzene rings is 1. The molecule has 1 aromatic rings. The van der Waals surface area contributed by atoms with Gasteiger partial charge in [0.05, 0.1) is 6.61 Å². The maximum absolute atomic E-state index is 6.18. The van der Waals surface area contributed by atoms with E-state index in [-0.39, 0.29) is 12.1 Å². The van der Waals surface area contributed by atoms with Crippen LogP contribution in [0.15, 0.2) is 28.7 Å². The second kappa shape index (κ2) is 7.55. The fourth-order valence-corrected chi connectivity index (χ4v) is 2.95. The van der Waals surface area contributed by atoms with E-state index in [4.69, 9.17) is 10.5 Å². The van der Waals surface area contributed by atoms with Gasteiger partial charge < -0.3 is 10.5 Å². The van der Waals surface area contributed by atoms with Crippen LogP contribution in [0, 0.1) is 5.92 Å². The quantitative estimate of drug-likeness (QED) is 0.738. The molecule has 2 N–H and O–H groups in total. The lowest BCUT2D eigenvalue weighted by atomic mass is 10.00. The van der Waals surface area contributed by atoms with Crippen molar-refractivity contribution in [3.05, 3.63) is 34.3 Å². The zero-order valence-corrected chi connectivity index (χ0v) is 14.0. The molecule has 112 valence electrons. The minimum Gasteiger partial charge on any atom is -0.380 e. The Balaban J connectivity index is 1.89. The molecule has 1 aliphatic rings. The monoisotopic (exact) mass is 340 g/mol. The molecule has 1 fully saturated rings. The van der Waals surface area contributed by atoms with Gasteiger partial charge in [0.25, 0.3) is 0 Å². The first-order chi connectivity index (χ1) is 9.58. The van der Waals surface area contributed by atoms with Crippen LogP contribution < -0.4 is 5.73 Å². The molecule has 20 heavy (non-hydrogen) atoms. The van der Waals surface area contributed by atoms with Crippen molar-refractivity contribution in [3.63, 3.8) is 0 Å². The van der Waals surface area contributed by atoms with Crippen molar-refractivity contribution < 1.29 is 4.74 Å². The van der Waals surface area contributed by atoms with Gasteiger partial charge in [-0.1, -0.05) is 28.1 Å². The Bertz CT molecular complexity index is 421. The number of halogens is 1. The molecule has 0 aliphatic heterocycles. The number of hydrogen-bond donors (Lipinski definition) is 1. The van der Waals surface area contributed by atoms with Gasteiger partial charge in [-0.2, -0.15) is 0 Å². The van der Waals surface area contributed by atoms with E-state index in [9.17, 15) is 0 Å². The summed E-state index contributed by atoms with van der Waals surface area (Å²) in [6.07, 6.45) is 2.69. The van der Waals surface area contributed by atoms with E-state index in [1.807, 2.05) is 6.07 Å². The topological polar surface area (TPSA) is 38.5 Å². The average molecular weight is 341 g/mol. The van der Waals surface area contributed by atoms with Crippen molar-refractivity contribution >= 4 is 15.9 Å². The number of nitrogens with two attached hydrogens (primary N) is 1. The molecule has 1 aromatic carbocycles. The number of nitrogens with zero attached hydrogens (tertiary/aromatic N) is 1. The summed E-state index contributed by atoms with van der Waals surface area (Å²) in [6.45, 7) is 4.68. The molecule has 0 spiro atoms. The molecule has 2 rings (SSSR count). The van der Waals surface area contributed by atoms with Crippen LogP contribution in [0.4, 0.5) is 0 Å². The third kappa shape index (κ3) is 4.85. The van der Waals surface area contributed by atoms with Gasteiger partial charge in [0, 0.05) is 29.7 Å². The van der Waals surface area contributed by atoms with Gasteiger partial charge in [-0.05, 0) is 50.4 Å². The van der Waals surface area contributed by atoms with Crippen molar-refractivity contribution in [3.8, 4) is 0 Å². The van der Waals surface area contributed by atoms with Gasteiger partial charge in [0.15, 0.2) is 0 Å². The predicted octanol–water partition coefficient (Wildman–Crippen LogP) is 3.20. The van der Waals surface area contributed by atoms with E-state index in [0.29, 0.717) is 0 Å². The molecule has 3 nitrogen and oxygen atoms in total. The average Bonchev–Trinajstić information content (AvgIpc) is 3.18. The Hall–Kier alpha value is -0.420. The molecule has 0 saturated heterocycles. The van der Waals surface area contributed by atoms with Crippen molar-refractivity contribution in [2.75, 3.05) is 26.8 Å². The zero-order valence-electron chi connectivity index (χ0n) is 12.4. The minimum absolute atomic E-state index is 0.0812. The molecule has 1 aliphatic carbocycles. The molecule has 0 bridgehead atoms. The molecule has 4 heteroatoms. The molecule has 2 atom stereocenters. The van der Waals surface area contributed by atoms with E-state index in [0.717, 1.165) is 30.1 Å². The lowest BCUT2D eigenvalue weighted by Crippen LogP contribution is -2.38. The highest BCUT2D eigenvalue weighted by Crippen LogP contribution is 2.29. The summed E-state index contributed by atoms with van der Waals surface area (Å²) in [5, 5.41) is 0. The summed E-state index contributed by atoms with van der Waals surface area (Å²) in [4.78, 5) is 2.29. The summed E-state index contributed by atoms with van der Waals surface area (Å²) in [6, 6.07) is 8.69. The Kier molecular flexibility index (Phi) is 6.02. The van der Waals surface area contributed by atoms with Crippen LogP contribution in [0.3, 0.4) is 0 Å². The first-order valence-electron chi connectivity index (χ1n) is 7.37. The SMILES string of the molecule is CC(N)C(c1cccc(Br)c1)N(C)CCOCC1CC1. The smallest absolute Gasteiger partial charge is 0.0593 e. The summed E-state index contributed by atoms with van der Waals surface area (Å²) in [5.74, 6) is 0.828. The van der Waals surface area contributed by atoms with Crippen molar-refractivity contribution in [1.82, 2.24) is 4.90 Å². The zero-order chi connectivity index (χ0) is 14.5. The number of rotatable bonds is 8.